The van der Waals surface area contributed by atoms with Gasteiger partial charge in [0.2, 0.25) is 0 Å². The van der Waals surface area contributed by atoms with Crippen molar-refractivity contribution in [3.05, 3.63) is 51.6 Å². The average molecular weight is 356 g/mol. The molecule has 0 aliphatic heterocycles. The van der Waals surface area contributed by atoms with E-state index in [1.54, 1.807) is 18.2 Å². The molecule has 0 aliphatic rings. The number of carbonyl (C=O) groups excluding carboxylic acids is 1. The zero-order chi connectivity index (χ0) is 14.5. The Hall–Kier alpha value is -1.59. The van der Waals surface area contributed by atoms with Crippen LogP contribution in [0.15, 0.2) is 41.0 Å². The smallest absolute Gasteiger partial charge is 0.263 e. The van der Waals surface area contributed by atoms with E-state index >= 15 is 0 Å². The van der Waals surface area contributed by atoms with E-state index < -0.39 is 0 Å². The minimum atomic E-state index is -0.277. The van der Waals surface area contributed by atoms with Gasteiger partial charge in [-0.3, -0.25) is 4.79 Å². The second kappa shape index (κ2) is 6.72. The van der Waals surface area contributed by atoms with Gasteiger partial charge in [0.25, 0.3) is 5.91 Å². The van der Waals surface area contributed by atoms with Crippen LogP contribution in [0.4, 0.5) is 5.82 Å². The lowest BCUT2D eigenvalue weighted by Gasteiger charge is -2.08. The third kappa shape index (κ3) is 4.21. The van der Waals surface area contributed by atoms with Gasteiger partial charge in [-0.15, -0.1) is 0 Å². The summed E-state index contributed by atoms with van der Waals surface area (Å²) in [6.45, 7) is 1.88. The second-order valence-electron chi connectivity index (χ2n) is 4.11. The molecule has 0 radical (unpaired) electrons. The van der Waals surface area contributed by atoms with E-state index in [2.05, 4.69) is 26.2 Å². The number of amides is 1. The molecular formula is C14H12BrClN2O2. The van der Waals surface area contributed by atoms with Crippen molar-refractivity contribution in [3.63, 3.8) is 0 Å². The van der Waals surface area contributed by atoms with E-state index in [9.17, 15) is 4.79 Å². The highest BCUT2D eigenvalue weighted by Crippen LogP contribution is 2.21. The molecule has 0 aliphatic carbocycles. The highest BCUT2D eigenvalue weighted by Gasteiger charge is 2.05. The first kappa shape index (κ1) is 14.8. The maximum atomic E-state index is 11.7. The van der Waals surface area contributed by atoms with Crippen molar-refractivity contribution < 1.29 is 9.53 Å². The van der Waals surface area contributed by atoms with Crippen LogP contribution in [-0.4, -0.2) is 17.5 Å². The molecule has 0 bridgehead atoms. The summed E-state index contributed by atoms with van der Waals surface area (Å²) in [5, 5.41) is 3.14. The molecule has 1 N–H and O–H groups in total. The van der Waals surface area contributed by atoms with Gasteiger partial charge in [-0.1, -0.05) is 27.5 Å². The Morgan fingerprint density at radius 3 is 2.85 bits per heavy atom. The van der Waals surface area contributed by atoms with Gasteiger partial charge in [0.05, 0.1) is 5.02 Å². The number of hydrogen-bond donors (Lipinski definition) is 1. The van der Waals surface area contributed by atoms with Gasteiger partial charge in [0, 0.05) is 10.7 Å². The quantitative estimate of drug-likeness (QED) is 0.907. The largest absolute Gasteiger partial charge is 0.484 e. The first-order valence-corrected chi connectivity index (χ1v) is 7.02. The van der Waals surface area contributed by atoms with E-state index in [4.69, 9.17) is 16.3 Å². The zero-order valence-electron chi connectivity index (χ0n) is 10.7. The lowest BCUT2D eigenvalue weighted by molar-refractivity contribution is -0.118. The van der Waals surface area contributed by atoms with Crippen LogP contribution in [0.3, 0.4) is 0 Å². The first-order chi connectivity index (χ1) is 9.54. The fourth-order valence-electron chi connectivity index (χ4n) is 1.48. The number of pyridine rings is 1. The summed E-state index contributed by atoms with van der Waals surface area (Å²) >= 11 is 9.12. The second-order valence-corrected chi connectivity index (χ2v) is 5.40. The molecule has 0 saturated carbocycles. The predicted octanol–water partition coefficient (Wildman–Crippen LogP) is 3.82. The number of ether oxygens (including phenoxy) is 1. The Bertz CT molecular complexity index is 617. The number of aryl methyl sites for hydroxylation is 1. The Kier molecular flexibility index (Phi) is 4.98. The topological polar surface area (TPSA) is 51.2 Å². The molecule has 0 unspecified atom stereocenters. The maximum Gasteiger partial charge on any atom is 0.263 e. The number of halogens is 2. The normalized spacial score (nSPS) is 10.2. The van der Waals surface area contributed by atoms with Crippen LogP contribution in [-0.2, 0) is 4.79 Å². The van der Waals surface area contributed by atoms with Crippen LogP contribution in [0, 0.1) is 6.92 Å². The highest BCUT2D eigenvalue weighted by atomic mass is 79.9. The van der Waals surface area contributed by atoms with Gasteiger partial charge in [0.1, 0.15) is 11.6 Å². The average Bonchev–Trinajstić information content (AvgIpc) is 2.43. The molecule has 1 aromatic heterocycles. The molecule has 0 saturated heterocycles. The molecule has 0 atom stereocenters. The van der Waals surface area contributed by atoms with Crippen LogP contribution in [0.5, 0.6) is 5.75 Å². The number of rotatable bonds is 4. The molecular weight excluding hydrogens is 344 g/mol. The molecule has 1 amide bonds. The van der Waals surface area contributed by atoms with E-state index in [-0.39, 0.29) is 12.5 Å². The fourth-order valence-corrected chi connectivity index (χ4v) is 1.84. The SMILES string of the molecule is Cc1cc(OCC(=O)Nc2ccc(Cl)cn2)ccc1Br. The predicted molar refractivity (Wildman–Crippen MR) is 82.3 cm³/mol. The van der Waals surface area contributed by atoms with Crippen molar-refractivity contribution in [1.29, 1.82) is 0 Å². The Morgan fingerprint density at radius 2 is 2.20 bits per heavy atom. The van der Waals surface area contributed by atoms with Gasteiger partial charge in [-0.25, -0.2) is 4.98 Å². The standard InChI is InChI=1S/C14H12BrClN2O2/c1-9-6-11(3-4-12(9)15)20-8-14(19)18-13-5-2-10(16)7-17-13/h2-7H,8H2,1H3,(H,17,18,19). The Labute approximate surface area is 130 Å². The summed E-state index contributed by atoms with van der Waals surface area (Å²) in [5.74, 6) is 0.806. The van der Waals surface area contributed by atoms with Gasteiger partial charge in [-0.2, -0.15) is 0 Å². The number of aromatic nitrogens is 1. The Morgan fingerprint density at radius 1 is 1.40 bits per heavy atom. The minimum absolute atomic E-state index is 0.0780. The van der Waals surface area contributed by atoms with Crippen LogP contribution in [0.25, 0.3) is 0 Å². The Balaban J connectivity index is 1.88. The van der Waals surface area contributed by atoms with E-state index in [0.29, 0.717) is 16.6 Å². The third-order valence-corrected chi connectivity index (χ3v) is 3.61. The molecule has 2 rings (SSSR count). The molecule has 20 heavy (non-hydrogen) atoms. The van der Waals surface area contributed by atoms with Gasteiger partial charge < -0.3 is 10.1 Å². The van der Waals surface area contributed by atoms with Crippen molar-refractivity contribution in [1.82, 2.24) is 4.98 Å². The van der Waals surface area contributed by atoms with Crippen LogP contribution < -0.4 is 10.1 Å². The van der Waals surface area contributed by atoms with E-state index in [0.717, 1.165) is 10.0 Å². The fraction of sp³-hybridized carbons (Fsp3) is 0.143. The summed E-state index contributed by atoms with van der Waals surface area (Å²) in [6.07, 6.45) is 1.47. The number of nitrogens with zero attached hydrogens (tertiary/aromatic N) is 1. The summed E-state index contributed by atoms with van der Waals surface area (Å²) in [5.41, 5.74) is 1.04. The molecule has 2 aromatic rings. The monoisotopic (exact) mass is 354 g/mol. The van der Waals surface area contributed by atoms with E-state index in [1.807, 2.05) is 19.1 Å². The number of nitrogens with one attached hydrogen (secondary N) is 1. The van der Waals surface area contributed by atoms with Crippen molar-refractivity contribution >= 4 is 39.3 Å². The number of benzene rings is 1. The van der Waals surface area contributed by atoms with Crippen LogP contribution >= 0.6 is 27.5 Å². The van der Waals surface area contributed by atoms with Gasteiger partial charge >= 0.3 is 0 Å². The summed E-state index contributed by atoms with van der Waals surface area (Å²) in [6, 6.07) is 8.82. The molecule has 4 nitrogen and oxygen atoms in total. The zero-order valence-corrected chi connectivity index (χ0v) is 13.0. The summed E-state index contributed by atoms with van der Waals surface area (Å²) < 4.78 is 6.41. The third-order valence-electron chi connectivity index (χ3n) is 2.49. The first-order valence-electron chi connectivity index (χ1n) is 5.85. The molecule has 1 heterocycles. The molecule has 104 valence electrons. The van der Waals surface area contributed by atoms with Gasteiger partial charge in [-0.05, 0) is 42.8 Å². The van der Waals surface area contributed by atoms with Crippen molar-refractivity contribution in [2.75, 3.05) is 11.9 Å². The van der Waals surface area contributed by atoms with Crippen molar-refractivity contribution in [3.8, 4) is 5.75 Å². The molecule has 1 aromatic carbocycles. The van der Waals surface area contributed by atoms with Crippen molar-refractivity contribution in [2.24, 2.45) is 0 Å². The van der Waals surface area contributed by atoms with Crippen LogP contribution in [0.2, 0.25) is 5.02 Å². The number of hydrogen-bond acceptors (Lipinski definition) is 3. The van der Waals surface area contributed by atoms with Crippen molar-refractivity contribution in [2.45, 2.75) is 6.92 Å². The minimum Gasteiger partial charge on any atom is -0.484 e. The van der Waals surface area contributed by atoms with E-state index in [1.165, 1.54) is 6.20 Å². The number of carbonyl (C=O) groups is 1. The van der Waals surface area contributed by atoms with Gasteiger partial charge in [0.15, 0.2) is 6.61 Å². The highest BCUT2D eigenvalue weighted by molar-refractivity contribution is 9.10. The number of anilines is 1. The summed E-state index contributed by atoms with van der Waals surface area (Å²) in [7, 11) is 0. The summed E-state index contributed by atoms with van der Waals surface area (Å²) in [4.78, 5) is 15.7. The molecule has 0 fully saturated rings. The molecule has 6 heteroatoms. The lowest BCUT2D eigenvalue weighted by Crippen LogP contribution is -2.20. The lowest BCUT2D eigenvalue weighted by atomic mass is 10.2. The van der Waals surface area contributed by atoms with Crippen LogP contribution in [0.1, 0.15) is 5.56 Å². The maximum absolute atomic E-state index is 11.7. The molecule has 0 spiro atoms.